The lowest BCUT2D eigenvalue weighted by Crippen LogP contribution is -2.55. The molecule has 4 rings (SSSR count). The van der Waals surface area contributed by atoms with Crippen LogP contribution in [0.15, 0.2) is 11.6 Å². The molecule has 4 aliphatic rings. The number of hydrogen-bond acceptors (Lipinski definition) is 3. The first-order valence-corrected chi connectivity index (χ1v) is 10.1. The van der Waals surface area contributed by atoms with Crippen LogP contribution in [0.3, 0.4) is 0 Å². The van der Waals surface area contributed by atoms with Crippen LogP contribution in [0, 0.1) is 28.6 Å². The monoisotopic (exact) mass is 384 g/mol. The van der Waals surface area contributed by atoms with Gasteiger partial charge in [-0.2, -0.15) is 0 Å². The third-order valence-corrected chi connectivity index (χ3v) is 8.91. The zero-order valence-electron chi connectivity index (χ0n) is 14.1. The minimum atomic E-state index is -0.428. The van der Waals surface area contributed by atoms with Crippen molar-refractivity contribution in [3.05, 3.63) is 11.6 Å². The van der Waals surface area contributed by atoms with Crippen molar-refractivity contribution in [1.82, 2.24) is 0 Å². The first kappa shape index (κ1) is 16.6. The van der Waals surface area contributed by atoms with Crippen molar-refractivity contribution in [2.75, 3.05) is 0 Å². The third kappa shape index (κ3) is 2.17. The highest BCUT2D eigenvalue weighted by Gasteiger charge is 2.62. The van der Waals surface area contributed by atoms with Gasteiger partial charge in [0, 0.05) is 4.83 Å². The number of hydrogen-bond donors (Lipinski definition) is 3. The van der Waals surface area contributed by atoms with E-state index >= 15 is 0 Å². The first-order chi connectivity index (χ1) is 10.8. The van der Waals surface area contributed by atoms with Gasteiger partial charge in [-0.05, 0) is 67.1 Å². The summed E-state index contributed by atoms with van der Waals surface area (Å²) in [7, 11) is 0. The van der Waals surface area contributed by atoms with Gasteiger partial charge < -0.3 is 15.3 Å². The Balaban J connectivity index is 1.73. The van der Waals surface area contributed by atoms with E-state index in [4.69, 9.17) is 0 Å². The maximum atomic E-state index is 10.9. The van der Waals surface area contributed by atoms with Gasteiger partial charge >= 0.3 is 0 Å². The Hall–Kier alpha value is 0.100. The zero-order valence-corrected chi connectivity index (χ0v) is 15.7. The molecule has 130 valence electrons. The van der Waals surface area contributed by atoms with Crippen molar-refractivity contribution in [2.45, 2.75) is 75.5 Å². The van der Waals surface area contributed by atoms with Gasteiger partial charge in [0.2, 0.25) is 0 Å². The fourth-order valence-electron chi connectivity index (χ4n) is 6.58. The molecule has 4 heteroatoms. The van der Waals surface area contributed by atoms with Crippen LogP contribution in [0.5, 0.6) is 0 Å². The number of aliphatic hydroxyl groups is 3. The summed E-state index contributed by atoms with van der Waals surface area (Å²) in [5, 5.41) is 31.6. The summed E-state index contributed by atoms with van der Waals surface area (Å²) in [5.74, 6) is 1.10. The largest absolute Gasteiger partial charge is 0.393 e. The van der Waals surface area contributed by atoms with Crippen molar-refractivity contribution < 1.29 is 15.3 Å². The van der Waals surface area contributed by atoms with Gasteiger partial charge in [-0.1, -0.05) is 41.4 Å². The molecule has 0 aromatic carbocycles. The smallest absolute Gasteiger partial charge is 0.0757 e. The number of alkyl halides is 1. The number of rotatable bonds is 0. The molecule has 0 spiro atoms. The molecule has 9 atom stereocenters. The highest BCUT2D eigenvalue weighted by atomic mass is 79.9. The van der Waals surface area contributed by atoms with E-state index in [0.29, 0.717) is 11.8 Å². The van der Waals surface area contributed by atoms with Crippen LogP contribution in [0.1, 0.15) is 52.4 Å². The van der Waals surface area contributed by atoms with Crippen molar-refractivity contribution in [1.29, 1.82) is 0 Å². The summed E-state index contributed by atoms with van der Waals surface area (Å²) in [6.07, 6.45) is 6.78. The van der Waals surface area contributed by atoms with Crippen LogP contribution in [0.25, 0.3) is 0 Å². The average Bonchev–Trinajstić information content (AvgIpc) is 2.73. The average molecular weight is 385 g/mol. The van der Waals surface area contributed by atoms with Crippen LogP contribution >= 0.6 is 15.9 Å². The highest BCUT2D eigenvalue weighted by molar-refractivity contribution is 9.09. The second-order valence-corrected chi connectivity index (χ2v) is 10.2. The molecule has 0 amide bonds. The van der Waals surface area contributed by atoms with Crippen molar-refractivity contribution in [3.8, 4) is 0 Å². The molecule has 4 unspecified atom stereocenters. The molecule has 23 heavy (non-hydrogen) atoms. The number of fused-ring (bicyclic) bond motifs is 5. The molecule has 0 aromatic heterocycles. The summed E-state index contributed by atoms with van der Waals surface area (Å²) in [6, 6.07) is 0. The maximum Gasteiger partial charge on any atom is 0.0757 e. The third-order valence-electron chi connectivity index (χ3n) is 8.04. The van der Waals surface area contributed by atoms with Crippen LogP contribution in [0.4, 0.5) is 0 Å². The Kier molecular flexibility index (Phi) is 3.81. The lowest BCUT2D eigenvalue weighted by atomic mass is 9.47. The van der Waals surface area contributed by atoms with E-state index in [1.54, 1.807) is 0 Å². The summed E-state index contributed by atoms with van der Waals surface area (Å²) in [4.78, 5) is 0.148. The Bertz CT molecular complexity index is 535. The summed E-state index contributed by atoms with van der Waals surface area (Å²) < 4.78 is 0. The van der Waals surface area contributed by atoms with Crippen molar-refractivity contribution >= 4 is 15.9 Å². The molecular weight excluding hydrogens is 356 g/mol. The Morgan fingerprint density at radius 2 is 1.83 bits per heavy atom. The van der Waals surface area contributed by atoms with Crippen molar-refractivity contribution in [2.24, 2.45) is 28.6 Å². The Morgan fingerprint density at radius 1 is 1.09 bits per heavy atom. The van der Waals surface area contributed by atoms with E-state index in [9.17, 15) is 15.3 Å². The van der Waals surface area contributed by atoms with Gasteiger partial charge in [-0.3, -0.25) is 0 Å². The van der Waals surface area contributed by atoms with E-state index in [0.717, 1.165) is 38.5 Å². The lowest BCUT2D eigenvalue weighted by Gasteiger charge is -2.58. The van der Waals surface area contributed by atoms with Gasteiger partial charge in [0.15, 0.2) is 0 Å². The minimum absolute atomic E-state index is 0.0772. The van der Waals surface area contributed by atoms with Gasteiger partial charge in [0.25, 0.3) is 0 Å². The van der Waals surface area contributed by atoms with E-state index < -0.39 is 6.10 Å². The van der Waals surface area contributed by atoms with Crippen LogP contribution in [-0.2, 0) is 0 Å². The quantitative estimate of drug-likeness (QED) is 0.444. The molecule has 0 radical (unpaired) electrons. The molecule has 3 saturated carbocycles. The van der Waals surface area contributed by atoms with E-state index in [2.05, 4.69) is 35.9 Å². The molecule has 0 heterocycles. The summed E-state index contributed by atoms with van der Waals surface area (Å²) >= 11 is 3.68. The molecule has 3 fully saturated rings. The molecule has 3 N–H and O–H groups in total. The lowest BCUT2D eigenvalue weighted by molar-refractivity contribution is -0.105. The van der Waals surface area contributed by atoms with Gasteiger partial charge in [-0.25, -0.2) is 0 Å². The molecule has 3 nitrogen and oxygen atoms in total. The summed E-state index contributed by atoms with van der Waals surface area (Å²) in [6.45, 7) is 4.58. The predicted molar refractivity (Wildman–Crippen MR) is 93.2 cm³/mol. The normalized spacial score (nSPS) is 58.9. The van der Waals surface area contributed by atoms with E-state index in [-0.39, 0.29) is 33.8 Å². The van der Waals surface area contributed by atoms with Crippen molar-refractivity contribution in [3.63, 3.8) is 0 Å². The topological polar surface area (TPSA) is 60.7 Å². The Morgan fingerprint density at radius 3 is 2.57 bits per heavy atom. The van der Waals surface area contributed by atoms with E-state index in [1.807, 2.05) is 0 Å². The SMILES string of the molecule is C[C@]12CCC(O)CC1=CC(O)[C@@H]1[C@H]2CC[C@]2(C)C(O)C(Br)C[C@@H]12. The number of halogens is 1. The zero-order chi connectivity index (χ0) is 16.6. The second-order valence-electron chi connectivity index (χ2n) is 9.03. The molecular formula is C19H29BrO3. The standard InChI is InChI=1S/C19H29BrO3/c1-18-5-3-11(21)7-10(18)8-15(22)16-12(18)4-6-19(2)13(16)9-14(20)17(19)23/h8,11-17,21-23H,3-7,9H2,1-2H3/t11?,12-,13+,14?,15?,16-,17?,18+,19+/m1/s1. The first-order valence-electron chi connectivity index (χ1n) is 9.17. The fraction of sp³-hybridized carbons (Fsp3) is 0.895. The fourth-order valence-corrected chi connectivity index (χ4v) is 7.58. The molecule has 0 saturated heterocycles. The highest BCUT2D eigenvalue weighted by Crippen LogP contribution is 2.65. The minimum Gasteiger partial charge on any atom is -0.393 e. The summed E-state index contributed by atoms with van der Waals surface area (Å²) in [5.41, 5.74) is 1.33. The van der Waals surface area contributed by atoms with Crippen LogP contribution in [-0.4, -0.2) is 38.5 Å². The Labute approximate surface area is 147 Å². The number of aliphatic hydroxyl groups excluding tert-OH is 3. The molecule has 4 aliphatic carbocycles. The maximum absolute atomic E-state index is 10.9. The van der Waals surface area contributed by atoms with E-state index in [1.165, 1.54) is 5.57 Å². The molecule has 0 aromatic rings. The van der Waals surface area contributed by atoms with Gasteiger partial charge in [-0.15, -0.1) is 0 Å². The van der Waals surface area contributed by atoms with Crippen LogP contribution < -0.4 is 0 Å². The second kappa shape index (κ2) is 5.30. The van der Waals surface area contributed by atoms with Crippen LogP contribution in [0.2, 0.25) is 0 Å². The molecule has 0 aliphatic heterocycles. The van der Waals surface area contributed by atoms with Gasteiger partial charge in [0.05, 0.1) is 18.3 Å². The molecule has 0 bridgehead atoms. The van der Waals surface area contributed by atoms with Gasteiger partial charge in [0.1, 0.15) is 0 Å². The predicted octanol–water partition coefficient (Wildman–Crippen LogP) is 3.02.